The SMILES string of the molecule is CN1C(=Nc2ccccc2)c2ccccc2S1(=O)=O. The van der Waals surface area contributed by atoms with E-state index in [0.717, 1.165) is 5.69 Å². The Morgan fingerprint density at radius 2 is 1.58 bits per heavy atom. The van der Waals surface area contributed by atoms with Crippen LogP contribution in [-0.4, -0.2) is 25.6 Å². The minimum Gasteiger partial charge on any atom is -0.252 e. The number of aliphatic imine (C=N–C) groups is 1. The monoisotopic (exact) mass is 272 g/mol. The molecule has 1 aliphatic heterocycles. The lowest BCUT2D eigenvalue weighted by Gasteiger charge is -2.10. The molecule has 3 rings (SSSR count). The van der Waals surface area contributed by atoms with Gasteiger partial charge >= 0.3 is 0 Å². The maximum absolute atomic E-state index is 12.2. The molecule has 2 aromatic rings. The number of amidine groups is 1. The molecule has 0 amide bonds. The predicted octanol–water partition coefficient (Wildman–Crippen LogP) is 2.40. The molecule has 4 nitrogen and oxygen atoms in total. The molecule has 5 heteroatoms. The number of benzene rings is 2. The Bertz CT molecular complexity index is 752. The number of hydrogen-bond acceptors (Lipinski definition) is 3. The average molecular weight is 272 g/mol. The van der Waals surface area contributed by atoms with Gasteiger partial charge in [-0.25, -0.2) is 13.4 Å². The Balaban J connectivity index is 2.22. The second kappa shape index (κ2) is 4.20. The number of hydrogen-bond donors (Lipinski definition) is 0. The molecular formula is C14H12N2O2S. The molecule has 1 aliphatic rings. The summed E-state index contributed by atoms with van der Waals surface area (Å²) in [6, 6.07) is 16.2. The molecule has 0 aromatic heterocycles. The van der Waals surface area contributed by atoms with Crippen LogP contribution in [0.4, 0.5) is 5.69 Å². The van der Waals surface area contributed by atoms with Crippen molar-refractivity contribution in [3.05, 3.63) is 60.2 Å². The Morgan fingerprint density at radius 3 is 2.32 bits per heavy atom. The highest BCUT2D eigenvalue weighted by Gasteiger charge is 2.36. The third-order valence-corrected chi connectivity index (χ3v) is 4.86. The second-order valence-corrected chi connectivity index (χ2v) is 6.18. The van der Waals surface area contributed by atoms with Gasteiger partial charge in [-0.2, -0.15) is 0 Å². The van der Waals surface area contributed by atoms with Crippen molar-refractivity contribution >= 4 is 21.5 Å². The van der Waals surface area contributed by atoms with Crippen LogP contribution in [0.2, 0.25) is 0 Å². The van der Waals surface area contributed by atoms with Gasteiger partial charge in [-0.05, 0) is 24.3 Å². The molecule has 0 fully saturated rings. The van der Waals surface area contributed by atoms with Crippen molar-refractivity contribution in [3.63, 3.8) is 0 Å². The van der Waals surface area contributed by atoms with Crippen LogP contribution in [0.1, 0.15) is 5.56 Å². The lowest BCUT2D eigenvalue weighted by Crippen LogP contribution is -2.25. The van der Waals surface area contributed by atoms with E-state index < -0.39 is 10.0 Å². The number of fused-ring (bicyclic) bond motifs is 1. The van der Waals surface area contributed by atoms with E-state index in [1.54, 1.807) is 18.2 Å². The van der Waals surface area contributed by atoms with Crippen molar-refractivity contribution < 1.29 is 8.42 Å². The summed E-state index contributed by atoms with van der Waals surface area (Å²) in [6.07, 6.45) is 0. The topological polar surface area (TPSA) is 49.7 Å². The number of nitrogens with zero attached hydrogens (tertiary/aromatic N) is 2. The normalized spacial score (nSPS) is 18.6. The van der Waals surface area contributed by atoms with Gasteiger partial charge in [0.15, 0.2) is 5.84 Å². The van der Waals surface area contributed by atoms with E-state index in [2.05, 4.69) is 4.99 Å². The van der Waals surface area contributed by atoms with Gasteiger partial charge in [-0.1, -0.05) is 30.3 Å². The smallest absolute Gasteiger partial charge is 0.252 e. The molecule has 19 heavy (non-hydrogen) atoms. The number of sulfonamides is 1. The Labute approximate surface area is 112 Å². The lowest BCUT2D eigenvalue weighted by atomic mass is 10.2. The molecular weight excluding hydrogens is 260 g/mol. The van der Waals surface area contributed by atoms with E-state index in [-0.39, 0.29) is 0 Å². The van der Waals surface area contributed by atoms with Gasteiger partial charge in [0.2, 0.25) is 0 Å². The minimum absolute atomic E-state index is 0.312. The summed E-state index contributed by atoms with van der Waals surface area (Å²) in [5, 5.41) is 0. The molecule has 0 bridgehead atoms. The van der Waals surface area contributed by atoms with Crippen LogP contribution in [0, 0.1) is 0 Å². The Morgan fingerprint density at radius 1 is 0.947 bits per heavy atom. The maximum atomic E-state index is 12.2. The molecule has 0 spiro atoms. The fourth-order valence-corrected chi connectivity index (χ4v) is 3.41. The van der Waals surface area contributed by atoms with Crippen molar-refractivity contribution in [1.82, 2.24) is 4.31 Å². The summed E-state index contributed by atoms with van der Waals surface area (Å²) in [6.45, 7) is 0. The summed E-state index contributed by atoms with van der Waals surface area (Å²) in [5.74, 6) is 0.460. The van der Waals surface area contributed by atoms with Gasteiger partial charge in [0.05, 0.1) is 10.6 Å². The second-order valence-electron chi connectivity index (χ2n) is 4.24. The van der Waals surface area contributed by atoms with Crippen LogP contribution in [0.5, 0.6) is 0 Å². The van der Waals surface area contributed by atoms with Crippen LogP contribution in [0.15, 0.2) is 64.5 Å². The van der Waals surface area contributed by atoms with Gasteiger partial charge in [0.1, 0.15) is 0 Å². The van der Waals surface area contributed by atoms with Crippen LogP contribution in [0.3, 0.4) is 0 Å². The zero-order chi connectivity index (χ0) is 13.5. The van der Waals surface area contributed by atoms with Gasteiger partial charge in [0, 0.05) is 12.6 Å². The summed E-state index contributed by atoms with van der Waals surface area (Å²) in [5.41, 5.74) is 1.38. The van der Waals surface area contributed by atoms with Crippen molar-refractivity contribution in [1.29, 1.82) is 0 Å². The molecule has 0 saturated carbocycles. The first-order chi connectivity index (χ1) is 9.10. The fraction of sp³-hybridized carbons (Fsp3) is 0.0714. The highest BCUT2D eigenvalue weighted by Crippen LogP contribution is 2.30. The molecule has 0 radical (unpaired) electrons. The van der Waals surface area contributed by atoms with Gasteiger partial charge in [-0.3, -0.25) is 4.31 Å². The molecule has 0 aliphatic carbocycles. The minimum atomic E-state index is -3.45. The zero-order valence-corrected chi connectivity index (χ0v) is 11.1. The quantitative estimate of drug-likeness (QED) is 0.800. The van der Waals surface area contributed by atoms with Crippen molar-refractivity contribution in [2.24, 2.45) is 4.99 Å². The summed E-state index contributed by atoms with van der Waals surface area (Å²) in [7, 11) is -1.93. The number of para-hydroxylation sites is 1. The van der Waals surface area contributed by atoms with Crippen LogP contribution < -0.4 is 0 Å². The predicted molar refractivity (Wildman–Crippen MR) is 74.0 cm³/mol. The fourth-order valence-electron chi connectivity index (χ4n) is 2.06. The average Bonchev–Trinajstić information content (AvgIpc) is 2.62. The van der Waals surface area contributed by atoms with E-state index in [1.165, 1.54) is 11.4 Å². The molecule has 0 unspecified atom stereocenters. The molecule has 2 aromatic carbocycles. The van der Waals surface area contributed by atoms with E-state index in [9.17, 15) is 8.42 Å². The first-order valence-electron chi connectivity index (χ1n) is 5.83. The Kier molecular flexibility index (Phi) is 2.64. The van der Waals surface area contributed by atoms with Gasteiger partial charge in [0.25, 0.3) is 10.0 Å². The third kappa shape index (κ3) is 1.82. The van der Waals surface area contributed by atoms with Crippen molar-refractivity contribution in [2.75, 3.05) is 7.05 Å². The maximum Gasteiger partial charge on any atom is 0.265 e. The Hall–Kier alpha value is -2.14. The van der Waals surface area contributed by atoms with Crippen molar-refractivity contribution in [3.8, 4) is 0 Å². The summed E-state index contributed by atoms with van der Waals surface area (Å²) < 4.78 is 25.7. The van der Waals surface area contributed by atoms with Gasteiger partial charge in [-0.15, -0.1) is 0 Å². The van der Waals surface area contributed by atoms with Crippen LogP contribution in [0.25, 0.3) is 0 Å². The van der Waals surface area contributed by atoms with Crippen LogP contribution >= 0.6 is 0 Å². The summed E-state index contributed by atoms with van der Waals surface area (Å²) in [4.78, 5) is 4.75. The zero-order valence-electron chi connectivity index (χ0n) is 10.3. The van der Waals surface area contributed by atoms with E-state index >= 15 is 0 Å². The third-order valence-electron chi connectivity index (χ3n) is 3.06. The first-order valence-corrected chi connectivity index (χ1v) is 7.27. The molecule has 0 atom stereocenters. The van der Waals surface area contributed by atoms with E-state index in [0.29, 0.717) is 16.3 Å². The highest BCUT2D eigenvalue weighted by atomic mass is 32.2. The molecule has 0 saturated heterocycles. The number of rotatable bonds is 1. The first kappa shape index (κ1) is 11.9. The van der Waals surface area contributed by atoms with E-state index in [4.69, 9.17) is 0 Å². The molecule has 96 valence electrons. The largest absolute Gasteiger partial charge is 0.265 e. The van der Waals surface area contributed by atoms with E-state index in [1.807, 2.05) is 36.4 Å². The van der Waals surface area contributed by atoms with Gasteiger partial charge < -0.3 is 0 Å². The standard InChI is InChI=1S/C14H12N2O2S/c1-16-14(15-11-7-3-2-4-8-11)12-9-5-6-10-13(12)19(16,17)18/h2-10H,1H3. The molecule has 0 N–H and O–H groups in total. The summed E-state index contributed by atoms with van der Waals surface area (Å²) >= 11 is 0. The highest BCUT2D eigenvalue weighted by molar-refractivity contribution is 7.90. The lowest BCUT2D eigenvalue weighted by molar-refractivity contribution is 0.559. The van der Waals surface area contributed by atoms with Crippen molar-refractivity contribution in [2.45, 2.75) is 4.90 Å². The van der Waals surface area contributed by atoms with Crippen LogP contribution in [-0.2, 0) is 10.0 Å². The molecule has 1 heterocycles.